The molecule has 0 saturated heterocycles. The van der Waals surface area contributed by atoms with Crippen LogP contribution in [0.5, 0.6) is 0 Å². The second-order valence-corrected chi connectivity index (χ2v) is 3.74. The van der Waals surface area contributed by atoms with E-state index < -0.39 is 5.54 Å². The van der Waals surface area contributed by atoms with Crippen LogP contribution in [-0.4, -0.2) is 23.2 Å². The van der Waals surface area contributed by atoms with Crippen LogP contribution in [0.4, 0.5) is 0 Å². The Morgan fingerprint density at radius 3 is 2.60 bits per heavy atom. The number of carbonyl (C=O) groups is 1. The number of benzene rings is 1. The molecule has 15 heavy (non-hydrogen) atoms. The van der Waals surface area contributed by atoms with Crippen molar-refractivity contribution in [2.24, 2.45) is 5.73 Å². The molecule has 1 aromatic carbocycles. The molecule has 0 aromatic heterocycles. The lowest BCUT2D eigenvalue weighted by Gasteiger charge is -2.20. The predicted molar refractivity (Wildman–Crippen MR) is 58.0 cm³/mol. The first-order valence-corrected chi connectivity index (χ1v) is 4.78. The monoisotopic (exact) mass is 208 g/mol. The van der Waals surface area contributed by atoms with Crippen molar-refractivity contribution in [1.82, 2.24) is 5.32 Å². The van der Waals surface area contributed by atoms with E-state index in [4.69, 9.17) is 10.8 Å². The quantitative estimate of drug-likeness (QED) is 0.652. The molecule has 82 valence electrons. The molecular weight excluding hydrogens is 192 g/mol. The van der Waals surface area contributed by atoms with Crippen molar-refractivity contribution in [3.05, 3.63) is 35.9 Å². The normalized spacial score (nSPS) is 14.3. The molecular formula is C11H16N2O2. The molecule has 1 rings (SSSR count). The van der Waals surface area contributed by atoms with Crippen LogP contribution in [0.25, 0.3) is 0 Å². The van der Waals surface area contributed by atoms with Gasteiger partial charge in [-0.2, -0.15) is 0 Å². The number of rotatable bonds is 4. The zero-order chi connectivity index (χ0) is 11.3. The van der Waals surface area contributed by atoms with E-state index in [1.54, 1.807) is 0 Å². The summed E-state index contributed by atoms with van der Waals surface area (Å²) in [5.74, 6) is -0.353. The molecule has 0 saturated carbocycles. The molecule has 1 unspecified atom stereocenters. The lowest BCUT2D eigenvalue weighted by atomic mass is 10.0. The number of hydrogen-bond donors (Lipinski definition) is 3. The number of carbonyl (C=O) groups excluding carboxylic acids is 1. The highest BCUT2D eigenvalue weighted by Gasteiger charge is 2.26. The summed E-state index contributed by atoms with van der Waals surface area (Å²) in [5, 5.41) is 11.5. The molecule has 1 atom stereocenters. The second kappa shape index (κ2) is 4.91. The summed E-state index contributed by atoms with van der Waals surface area (Å²) in [6.07, 6.45) is 0. The Morgan fingerprint density at radius 1 is 1.47 bits per heavy atom. The molecule has 0 radical (unpaired) electrons. The van der Waals surface area contributed by atoms with Crippen LogP contribution in [0.2, 0.25) is 0 Å². The maximum Gasteiger partial charge on any atom is 0.242 e. The minimum atomic E-state index is -1.21. The average molecular weight is 208 g/mol. The van der Waals surface area contributed by atoms with E-state index >= 15 is 0 Å². The summed E-state index contributed by atoms with van der Waals surface area (Å²) >= 11 is 0. The number of nitrogens with two attached hydrogens (primary N) is 1. The largest absolute Gasteiger partial charge is 0.394 e. The van der Waals surface area contributed by atoms with Crippen molar-refractivity contribution in [3.63, 3.8) is 0 Å². The number of nitrogens with one attached hydrogen (secondary N) is 1. The third-order valence-corrected chi connectivity index (χ3v) is 2.14. The van der Waals surface area contributed by atoms with Gasteiger partial charge in [0.25, 0.3) is 0 Å². The van der Waals surface area contributed by atoms with Crippen LogP contribution in [0.15, 0.2) is 30.3 Å². The molecule has 0 heterocycles. The van der Waals surface area contributed by atoms with E-state index in [-0.39, 0.29) is 12.5 Å². The first kappa shape index (κ1) is 11.7. The Morgan fingerprint density at radius 2 is 2.07 bits per heavy atom. The summed E-state index contributed by atoms with van der Waals surface area (Å²) in [7, 11) is 0. The van der Waals surface area contributed by atoms with Crippen molar-refractivity contribution in [3.8, 4) is 0 Å². The zero-order valence-electron chi connectivity index (χ0n) is 8.73. The Bertz CT molecular complexity index is 323. The highest BCUT2D eigenvalue weighted by Crippen LogP contribution is 2.00. The van der Waals surface area contributed by atoms with E-state index in [0.717, 1.165) is 5.56 Å². The fourth-order valence-corrected chi connectivity index (χ4v) is 1.05. The Balaban J connectivity index is 2.48. The smallest absolute Gasteiger partial charge is 0.242 e. The van der Waals surface area contributed by atoms with Gasteiger partial charge >= 0.3 is 0 Å². The van der Waals surface area contributed by atoms with Crippen LogP contribution < -0.4 is 11.1 Å². The average Bonchev–Trinajstić information content (AvgIpc) is 2.27. The summed E-state index contributed by atoms with van der Waals surface area (Å²) in [6.45, 7) is 1.55. The number of aliphatic hydroxyl groups is 1. The molecule has 0 aliphatic carbocycles. The van der Waals surface area contributed by atoms with Gasteiger partial charge in [-0.05, 0) is 12.5 Å². The highest BCUT2D eigenvalue weighted by molar-refractivity contribution is 5.85. The molecule has 1 amide bonds. The molecule has 0 aliphatic heterocycles. The Labute approximate surface area is 89.1 Å². The van der Waals surface area contributed by atoms with E-state index in [1.807, 2.05) is 30.3 Å². The van der Waals surface area contributed by atoms with Crippen LogP contribution in [0.3, 0.4) is 0 Å². The van der Waals surface area contributed by atoms with Crippen molar-refractivity contribution in [1.29, 1.82) is 0 Å². The molecule has 0 fully saturated rings. The third kappa shape index (κ3) is 3.34. The summed E-state index contributed by atoms with van der Waals surface area (Å²) in [6, 6.07) is 9.52. The van der Waals surface area contributed by atoms with Gasteiger partial charge in [-0.15, -0.1) is 0 Å². The molecule has 4 nitrogen and oxygen atoms in total. The minimum absolute atomic E-state index is 0.353. The lowest BCUT2D eigenvalue weighted by Crippen LogP contribution is -2.54. The van der Waals surface area contributed by atoms with Gasteiger partial charge in [0.1, 0.15) is 5.54 Å². The van der Waals surface area contributed by atoms with Gasteiger partial charge in [-0.25, -0.2) is 0 Å². The lowest BCUT2D eigenvalue weighted by molar-refractivity contribution is -0.127. The summed E-state index contributed by atoms with van der Waals surface area (Å²) in [5.41, 5.74) is 5.35. The number of amides is 1. The van der Waals surface area contributed by atoms with Gasteiger partial charge in [0.2, 0.25) is 5.91 Å². The van der Waals surface area contributed by atoms with Gasteiger partial charge < -0.3 is 16.2 Å². The van der Waals surface area contributed by atoms with E-state index in [0.29, 0.717) is 6.54 Å². The minimum Gasteiger partial charge on any atom is -0.394 e. The van der Waals surface area contributed by atoms with E-state index in [9.17, 15) is 4.79 Å². The number of aliphatic hydroxyl groups excluding tert-OH is 1. The second-order valence-electron chi connectivity index (χ2n) is 3.74. The maximum absolute atomic E-state index is 11.5. The van der Waals surface area contributed by atoms with Gasteiger partial charge in [0.05, 0.1) is 6.61 Å². The van der Waals surface area contributed by atoms with Gasteiger partial charge in [-0.1, -0.05) is 30.3 Å². The fourth-order valence-electron chi connectivity index (χ4n) is 1.05. The fraction of sp³-hybridized carbons (Fsp3) is 0.364. The van der Waals surface area contributed by atoms with Crippen molar-refractivity contribution in [2.75, 3.05) is 6.61 Å². The van der Waals surface area contributed by atoms with Gasteiger partial charge in [0, 0.05) is 6.54 Å². The predicted octanol–water partition coefficient (Wildman–Crippen LogP) is 0.0125. The van der Waals surface area contributed by atoms with Crippen molar-refractivity contribution >= 4 is 5.91 Å². The van der Waals surface area contributed by atoms with Gasteiger partial charge in [0.15, 0.2) is 0 Å². The van der Waals surface area contributed by atoms with Crippen molar-refractivity contribution < 1.29 is 9.90 Å². The summed E-state index contributed by atoms with van der Waals surface area (Å²) < 4.78 is 0. The zero-order valence-corrected chi connectivity index (χ0v) is 8.73. The topological polar surface area (TPSA) is 75.3 Å². The van der Waals surface area contributed by atoms with Crippen LogP contribution in [0, 0.1) is 0 Å². The van der Waals surface area contributed by atoms with Crippen LogP contribution >= 0.6 is 0 Å². The van der Waals surface area contributed by atoms with E-state index in [2.05, 4.69) is 5.32 Å². The SMILES string of the molecule is CC(N)(CO)C(=O)NCc1ccccc1. The van der Waals surface area contributed by atoms with E-state index in [1.165, 1.54) is 6.92 Å². The molecule has 0 spiro atoms. The number of hydrogen-bond acceptors (Lipinski definition) is 3. The van der Waals surface area contributed by atoms with Gasteiger partial charge in [-0.3, -0.25) is 4.79 Å². The third-order valence-electron chi connectivity index (χ3n) is 2.14. The molecule has 4 N–H and O–H groups in total. The summed E-state index contributed by atoms with van der Waals surface area (Å²) in [4.78, 5) is 11.5. The first-order chi connectivity index (χ1) is 7.06. The standard InChI is InChI=1S/C11H16N2O2/c1-11(12,8-14)10(15)13-7-9-5-3-2-4-6-9/h2-6,14H,7-8,12H2,1H3,(H,13,15). The maximum atomic E-state index is 11.5. The molecule has 4 heteroatoms. The van der Waals surface area contributed by atoms with Crippen LogP contribution in [-0.2, 0) is 11.3 Å². The van der Waals surface area contributed by atoms with Crippen molar-refractivity contribution in [2.45, 2.75) is 19.0 Å². The first-order valence-electron chi connectivity index (χ1n) is 4.78. The molecule has 1 aromatic rings. The molecule has 0 bridgehead atoms. The Hall–Kier alpha value is -1.39. The molecule has 0 aliphatic rings. The van der Waals surface area contributed by atoms with Crippen LogP contribution in [0.1, 0.15) is 12.5 Å². The Kier molecular flexibility index (Phi) is 3.82. The highest BCUT2D eigenvalue weighted by atomic mass is 16.3.